The molecular formula is C7H9Cl2N3. The zero-order valence-electron chi connectivity index (χ0n) is 6.54. The molecule has 2 atom stereocenters. The first-order chi connectivity index (χ1) is 5.08. The number of halogens is 2. The number of diazo groups is 1. The minimum absolute atomic E-state index is 0. The average Bonchev–Trinajstić information content (AvgIpc) is 1.98. The van der Waals surface area contributed by atoms with Crippen LogP contribution in [0.25, 0.3) is 4.98 Å². The quantitative estimate of drug-likeness (QED) is 0.497. The number of hydrogen-bond acceptors (Lipinski definition) is 2. The van der Waals surface area contributed by atoms with E-state index >= 15 is 0 Å². The Morgan fingerprint density at radius 3 is 2.75 bits per heavy atom. The highest BCUT2D eigenvalue weighted by atomic mass is 35.5. The van der Waals surface area contributed by atoms with Crippen LogP contribution in [0.5, 0.6) is 0 Å². The molecule has 3 nitrogen and oxygen atoms in total. The smallest absolute Gasteiger partial charge is 0.358 e. The Labute approximate surface area is 82.3 Å². The van der Waals surface area contributed by atoms with Crippen molar-refractivity contribution in [2.75, 3.05) is 0 Å². The summed E-state index contributed by atoms with van der Waals surface area (Å²) < 4.78 is 0. The molecule has 0 saturated heterocycles. The predicted molar refractivity (Wildman–Crippen MR) is 44.5 cm³/mol. The molecule has 0 radical (unpaired) electrons. The molecule has 0 saturated carbocycles. The molecule has 0 spiro atoms. The summed E-state index contributed by atoms with van der Waals surface area (Å²) in [6.07, 6.45) is 5.03. The number of allylic oxidation sites excluding steroid dienone is 2. The molecule has 0 fully saturated rings. The van der Waals surface area contributed by atoms with E-state index in [2.05, 4.69) is 4.98 Å². The second-order valence-corrected chi connectivity index (χ2v) is 3.18. The molecule has 2 N–H and O–H groups in total. The first kappa shape index (κ1) is 11.4. The van der Waals surface area contributed by atoms with Crippen molar-refractivity contribution in [3.05, 3.63) is 28.2 Å². The summed E-state index contributed by atoms with van der Waals surface area (Å²) in [5.74, 6) is 0. The van der Waals surface area contributed by atoms with Crippen molar-refractivity contribution < 1.29 is 12.4 Å². The van der Waals surface area contributed by atoms with Gasteiger partial charge in [0.05, 0.1) is 0 Å². The van der Waals surface area contributed by atoms with Crippen molar-refractivity contribution in [1.82, 2.24) is 0 Å². The summed E-state index contributed by atoms with van der Waals surface area (Å²) in [6.45, 7) is 1.71. The first-order valence-electron chi connectivity index (χ1n) is 3.27. The van der Waals surface area contributed by atoms with E-state index in [1.807, 2.05) is 0 Å². The summed E-state index contributed by atoms with van der Waals surface area (Å²) >= 11 is 5.69. The molecular weight excluding hydrogens is 197 g/mol. The van der Waals surface area contributed by atoms with Crippen LogP contribution in [0.1, 0.15) is 6.92 Å². The summed E-state index contributed by atoms with van der Waals surface area (Å²) in [4.78, 5) is 3.17. The van der Waals surface area contributed by atoms with Crippen molar-refractivity contribution in [1.29, 1.82) is 5.39 Å². The number of nitrogens with zero attached hydrogens (tertiary/aromatic N) is 2. The van der Waals surface area contributed by atoms with Gasteiger partial charge in [0.25, 0.3) is 0 Å². The van der Waals surface area contributed by atoms with E-state index in [0.717, 1.165) is 0 Å². The molecule has 0 aromatic carbocycles. The SMILES string of the molecule is CC1([N+]#N)C=C(Cl)C=CC1N.[Cl-]. The molecule has 2 unspecified atom stereocenters. The molecule has 1 rings (SSSR count). The van der Waals surface area contributed by atoms with Crippen LogP contribution in [-0.4, -0.2) is 11.6 Å². The summed E-state index contributed by atoms with van der Waals surface area (Å²) in [7, 11) is 0. The van der Waals surface area contributed by atoms with Crippen LogP contribution in [0.15, 0.2) is 23.3 Å². The summed E-state index contributed by atoms with van der Waals surface area (Å²) in [5, 5.41) is 9.19. The van der Waals surface area contributed by atoms with Crippen molar-refractivity contribution in [3.63, 3.8) is 0 Å². The minimum Gasteiger partial charge on any atom is -1.00 e. The maximum Gasteiger partial charge on any atom is 0.358 e. The Balaban J connectivity index is 0.00000121. The van der Waals surface area contributed by atoms with Crippen molar-refractivity contribution in [2.45, 2.75) is 18.5 Å². The van der Waals surface area contributed by atoms with E-state index in [-0.39, 0.29) is 18.4 Å². The van der Waals surface area contributed by atoms with Gasteiger partial charge in [0.15, 0.2) is 0 Å². The highest BCUT2D eigenvalue weighted by Gasteiger charge is 2.43. The molecule has 0 aromatic rings. The topological polar surface area (TPSA) is 54.2 Å². The fraction of sp³-hybridized carbons (Fsp3) is 0.429. The Kier molecular flexibility index (Phi) is 3.72. The molecule has 0 amide bonds. The molecule has 1 aliphatic rings. The standard InChI is InChI=1S/C7H9ClN3.ClH/c1-7(11-10)4-5(8)2-3-6(7)9;/h2-4,6H,9H2,1H3;1H/q+1;/p-1. The second-order valence-electron chi connectivity index (χ2n) is 2.74. The van der Waals surface area contributed by atoms with E-state index in [4.69, 9.17) is 22.7 Å². The lowest BCUT2D eigenvalue weighted by molar-refractivity contribution is -0.00000259. The molecule has 66 valence electrons. The van der Waals surface area contributed by atoms with E-state index in [9.17, 15) is 0 Å². The van der Waals surface area contributed by atoms with Gasteiger partial charge in [-0.1, -0.05) is 17.7 Å². The van der Waals surface area contributed by atoms with Crippen LogP contribution >= 0.6 is 11.6 Å². The van der Waals surface area contributed by atoms with E-state index in [1.54, 1.807) is 25.2 Å². The van der Waals surface area contributed by atoms with Crippen LogP contribution < -0.4 is 18.1 Å². The lowest BCUT2D eigenvalue weighted by Gasteiger charge is -2.14. The largest absolute Gasteiger partial charge is 1.00 e. The van der Waals surface area contributed by atoms with Crippen LogP contribution in [0, 0.1) is 5.39 Å². The highest BCUT2D eigenvalue weighted by Crippen LogP contribution is 2.25. The Bertz CT molecular complexity index is 266. The van der Waals surface area contributed by atoms with Gasteiger partial charge < -0.3 is 18.1 Å². The van der Waals surface area contributed by atoms with Gasteiger partial charge in [-0.3, -0.25) is 0 Å². The normalized spacial score (nSPS) is 33.2. The third kappa shape index (κ3) is 1.98. The third-order valence-electron chi connectivity index (χ3n) is 1.78. The van der Waals surface area contributed by atoms with Gasteiger partial charge >= 0.3 is 5.54 Å². The minimum atomic E-state index is -0.772. The predicted octanol–water partition coefficient (Wildman–Crippen LogP) is -1.38. The molecule has 0 aliphatic heterocycles. The maximum absolute atomic E-state index is 8.65. The van der Waals surface area contributed by atoms with Crippen LogP contribution in [-0.2, 0) is 0 Å². The maximum atomic E-state index is 8.65. The van der Waals surface area contributed by atoms with Gasteiger partial charge in [-0.05, 0) is 6.08 Å². The molecule has 0 heterocycles. The number of rotatable bonds is 0. The lowest BCUT2D eigenvalue weighted by atomic mass is 9.90. The van der Waals surface area contributed by atoms with Crippen molar-refractivity contribution in [3.8, 4) is 0 Å². The van der Waals surface area contributed by atoms with Gasteiger partial charge in [0.2, 0.25) is 5.39 Å². The fourth-order valence-electron chi connectivity index (χ4n) is 0.909. The van der Waals surface area contributed by atoms with E-state index < -0.39 is 5.54 Å². The monoisotopic (exact) mass is 205 g/mol. The third-order valence-corrected chi connectivity index (χ3v) is 2.02. The van der Waals surface area contributed by atoms with Crippen LogP contribution in [0.4, 0.5) is 0 Å². The second kappa shape index (κ2) is 3.90. The average molecular weight is 206 g/mol. The Morgan fingerprint density at radius 1 is 1.75 bits per heavy atom. The zero-order valence-corrected chi connectivity index (χ0v) is 8.05. The van der Waals surface area contributed by atoms with Crippen molar-refractivity contribution >= 4 is 11.6 Å². The van der Waals surface area contributed by atoms with E-state index in [0.29, 0.717) is 5.03 Å². The molecule has 0 aromatic heterocycles. The highest BCUT2D eigenvalue weighted by molar-refractivity contribution is 6.31. The lowest BCUT2D eigenvalue weighted by Crippen LogP contribution is -3.00. The summed E-state index contributed by atoms with van der Waals surface area (Å²) in [6, 6.07) is -0.310. The van der Waals surface area contributed by atoms with Crippen LogP contribution in [0.2, 0.25) is 0 Å². The first-order valence-corrected chi connectivity index (χ1v) is 3.65. The fourth-order valence-corrected chi connectivity index (χ4v) is 1.20. The van der Waals surface area contributed by atoms with Gasteiger partial charge in [-0.2, -0.15) is 0 Å². The van der Waals surface area contributed by atoms with Gasteiger partial charge in [0, 0.05) is 18.0 Å². The number of hydrogen-bond donors (Lipinski definition) is 1. The Hall–Kier alpha value is -0.560. The number of nitrogens with two attached hydrogens (primary N) is 1. The molecule has 1 aliphatic carbocycles. The summed E-state index contributed by atoms with van der Waals surface area (Å²) in [5.41, 5.74) is 4.87. The van der Waals surface area contributed by atoms with Gasteiger partial charge in [-0.25, -0.2) is 0 Å². The molecule has 12 heavy (non-hydrogen) atoms. The molecule has 5 heteroatoms. The Morgan fingerprint density at radius 2 is 2.33 bits per heavy atom. The van der Waals surface area contributed by atoms with Crippen molar-refractivity contribution in [2.24, 2.45) is 5.73 Å². The van der Waals surface area contributed by atoms with Gasteiger partial charge in [0.1, 0.15) is 11.0 Å². The molecule has 0 bridgehead atoms. The zero-order chi connectivity index (χ0) is 8.48. The van der Waals surface area contributed by atoms with Gasteiger partial charge in [-0.15, -0.1) is 0 Å². The van der Waals surface area contributed by atoms with Crippen LogP contribution in [0.3, 0.4) is 0 Å². The van der Waals surface area contributed by atoms with E-state index in [1.165, 1.54) is 0 Å².